The molecule has 76 valence electrons. The molecule has 13 heavy (non-hydrogen) atoms. The molecule has 0 spiro atoms. The standard InChI is InChI=1S/C10H19NO2/c1-7(2)8-5-3-4-6-10(8,13)9(11)12/h7-8,13H,3-6H2,1-2H3,(H2,11,12). The molecule has 0 radical (unpaired) electrons. The predicted octanol–water partition coefficient (Wildman–Crippen LogP) is 1.05. The first-order valence-electron chi connectivity index (χ1n) is 5.00. The highest BCUT2D eigenvalue weighted by Gasteiger charge is 2.45. The van der Waals surface area contributed by atoms with Gasteiger partial charge in [-0.05, 0) is 24.7 Å². The van der Waals surface area contributed by atoms with Crippen LogP contribution in [0.15, 0.2) is 0 Å². The first kappa shape index (κ1) is 10.5. The average molecular weight is 185 g/mol. The van der Waals surface area contributed by atoms with Crippen molar-refractivity contribution in [3.63, 3.8) is 0 Å². The number of amides is 1. The van der Waals surface area contributed by atoms with Gasteiger partial charge in [0.05, 0.1) is 0 Å². The van der Waals surface area contributed by atoms with Crippen LogP contribution in [0.5, 0.6) is 0 Å². The van der Waals surface area contributed by atoms with E-state index in [1.807, 2.05) is 13.8 Å². The summed E-state index contributed by atoms with van der Waals surface area (Å²) in [5.74, 6) is -0.192. The van der Waals surface area contributed by atoms with E-state index in [1.54, 1.807) is 0 Å². The Kier molecular flexibility index (Phi) is 2.96. The first-order valence-corrected chi connectivity index (χ1v) is 5.00. The van der Waals surface area contributed by atoms with Crippen LogP contribution in [0, 0.1) is 11.8 Å². The summed E-state index contributed by atoms with van der Waals surface area (Å²) in [7, 11) is 0. The van der Waals surface area contributed by atoms with Gasteiger partial charge in [0.2, 0.25) is 5.91 Å². The molecular formula is C10H19NO2. The molecule has 3 nitrogen and oxygen atoms in total. The summed E-state index contributed by atoms with van der Waals surface area (Å²) >= 11 is 0. The Hall–Kier alpha value is -0.570. The SMILES string of the molecule is CC(C)C1CCCCC1(O)C(N)=O. The minimum Gasteiger partial charge on any atom is -0.380 e. The van der Waals surface area contributed by atoms with Gasteiger partial charge in [-0.1, -0.05) is 26.7 Å². The Bertz CT molecular complexity index is 203. The molecule has 2 unspecified atom stereocenters. The number of nitrogens with two attached hydrogens (primary N) is 1. The zero-order valence-corrected chi connectivity index (χ0v) is 8.42. The molecule has 0 bridgehead atoms. The van der Waals surface area contributed by atoms with Crippen molar-refractivity contribution in [1.29, 1.82) is 0 Å². The third-order valence-electron chi connectivity index (χ3n) is 3.17. The molecule has 1 saturated carbocycles. The first-order chi connectivity index (χ1) is 5.98. The second-order valence-electron chi connectivity index (χ2n) is 4.38. The lowest BCUT2D eigenvalue weighted by molar-refractivity contribution is -0.149. The molecule has 0 aromatic heterocycles. The average Bonchev–Trinajstić information content (AvgIpc) is 2.04. The topological polar surface area (TPSA) is 63.3 Å². The Labute approximate surface area is 79.3 Å². The highest BCUT2D eigenvalue weighted by molar-refractivity contribution is 5.83. The molecule has 0 aromatic rings. The van der Waals surface area contributed by atoms with Gasteiger partial charge in [0.15, 0.2) is 0 Å². The van der Waals surface area contributed by atoms with E-state index in [-0.39, 0.29) is 5.92 Å². The number of carbonyl (C=O) groups is 1. The highest BCUT2D eigenvalue weighted by Crippen LogP contribution is 2.38. The van der Waals surface area contributed by atoms with E-state index in [4.69, 9.17) is 5.73 Å². The van der Waals surface area contributed by atoms with E-state index < -0.39 is 11.5 Å². The van der Waals surface area contributed by atoms with E-state index >= 15 is 0 Å². The third kappa shape index (κ3) is 1.85. The second-order valence-corrected chi connectivity index (χ2v) is 4.38. The van der Waals surface area contributed by atoms with Crippen LogP contribution in [0.3, 0.4) is 0 Å². The van der Waals surface area contributed by atoms with Gasteiger partial charge in [0.25, 0.3) is 0 Å². The molecule has 1 aliphatic carbocycles. The summed E-state index contributed by atoms with van der Waals surface area (Å²) < 4.78 is 0. The van der Waals surface area contributed by atoms with Crippen LogP contribution in [0.1, 0.15) is 39.5 Å². The summed E-state index contributed by atoms with van der Waals surface area (Å²) in [5.41, 5.74) is 4.00. The van der Waals surface area contributed by atoms with Crippen molar-refractivity contribution in [3.05, 3.63) is 0 Å². The van der Waals surface area contributed by atoms with Gasteiger partial charge < -0.3 is 10.8 Å². The van der Waals surface area contributed by atoms with Gasteiger partial charge in [-0.2, -0.15) is 0 Å². The minimum absolute atomic E-state index is 0.0405. The molecule has 2 atom stereocenters. The largest absolute Gasteiger partial charge is 0.380 e. The molecule has 1 aliphatic rings. The van der Waals surface area contributed by atoms with Gasteiger partial charge in [0.1, 0.15) is 5.60 Å². The van der Waals surface area contributed by atoms with Crippen LogP contribution in [0.2, 0.25) is 0 Å². The van der Waals surface area contributed by atoms with Crippen LogP contribution in [-0.2, 0) is 4.79 Å². The van der Waals surface area contributed by atoms with E-state index in [9.17, 15) is 9.90 Å². The molecule has 0 aliphatic heterocycles. The zero-order valence-electron chi connectivity index (χ0n) is 8.42. The Balaban J connectivity index is 2.83. The number of hydrogen-bond donors (Lipinski definition) is 2. The smallest absolute Gasteiger partial charge is 0.249 e. The fourth-order valence-electron chi connectivity index (χ4n) is 2.37. The molecule has 1 amide bonds. The van der Waals surface area contributed by atoms with E-state index in [1.165, 1.54) is 0 Å². The summed E-state index contributed by atoms with van der Waals surface area (Å²) in [6.07, 6.45) is 3.45. The maximum absolute atomic E-state index is 11.2. The van der Waals surface area contributed by atoms with Gasteiger partial charge in [-0.25, -0.2) is 0 Å². The molecule has 0 saturated heterocycles. The van der Waals surface area contributed by atoms with Crippen molar-refractivity contribution in [2.45, 2.75) is 45.1 Å². The highest BCUT2D eigenvalue weighted by atomic mass is 16.3. The number of carbonyl (C=O) groups excluding carboxylic acids is 1. The van der Waals surface area contributed by atoms with Crippen molar-refractivity contribution in [3.8, 4) is 0 Å². The van der Waals surface area contributed by atoms with Crippen molar-refractivity contribution in [2.75, 3.05) is 0 Å². The van der Waals surface area contributed by atoms with Crippen molar-refractivity contribution in [1.82, 2.24) is 0 Å². The van der Waals surface area contributed by atoms with Crippen LogP contribution in [0.4, 0.5) is 0 Å². The molecule has 1 fully saturated rings. The summed E-state index contributed by atoms with van der Waals surface area (Å²) in [4.78, 5) is 11.2. The molecule has 3 N–H and O–H groups in total. The normalized spacial score (nSPS) is 34.9. The number of aliphatic hydroxyl groups is 1. The molecular weight excluding hydrogens is 166 g/mol. The summed E-state index contributed by atoms with van der Waals surface area (Å²) in [6.45, 7) is 4.06. The molecule has 3 heteroatoms. The third-order valence-corrected chi connectivity index (χ3v) is 3.17. The Morgan fingerprint density at radius 2 is 2.15 bits per heavy atom. The van der Waals surface area contributed by atoms with Crippen LogP contribution in [0.25, 0.3) is 0 Å². The van der Waals surface area contributed by atoms with Crippen LogP contribution < -0.4 is 5.73 Å². The fraction of sp³-hybridized carbons (Fsp3) is 0.900. The number of hydrogen-bond acceptors (Lipinski definition) is 2. The van der Waals surface area contributed by atoms with Crippen LogP contribution in [-0.4, -0.2) is 16.6 Å². The lowest BCUT2D eigenvalue weighted by atomic mass is 9.70. The van der Waals surface area contributed by atoms with Crippen molar-refractivity contribution >= 4 is 5.91 Å². The maximum atomic E-state index is 11.2. The maximum Gasteiger partial charge on any atom is 0.249 e. The van der Waals surface area contributed by atoms with Gasteiger partial charge in [-0.3, -0.25) is 4.79 Å². The summed E-state index contributed by atoms with van der Waals surface area (Å²) in [6, 6.07) is 0. The predicted molar refractivity (Wildman–Crippen MR) is 50.9 cm³/mol. The van der Waals surface area contributed by atoms with E-state index in [0.717, 1.165) is 19.3 Å². The fourth-order valence-corrected chi connectivity index (χ4v) is 2.37. The van der Waals surface area contributed by atoms with Gasteiger partial charge >= 0.3 is 0 Å². The lowest BCUT2D eigenvalue weighted by Crippen LogP contribution is -2.53. The second kappa shape index (κ2) is 3.66. The van der Waals surface area contributed by atoms with Gasteiger partial charge in [-0.15, -0.1) is 0 Å². The summed E-state index contributed by atoms with van der Waals surface area (Å²) in [5, 5.41) is 10.1. The van der Waals surface area contributed by atoms with Crippen molar-refractivity contribution < 1.29 is 9.90 Å². The monoisotopic (exact) mass is 185 g/mol. The van der Waals surface area contributed by atoms with E-state index in [2.05, 4.69) is 0 Å². The minimum atomic E-state index is -1.24. The quantitative estimate of drug-likeness (QED) is 0.675. The molecule has 1 rings (SSSR count). The van der Waals surface area contributed by atoms with Crippen LogP contribution >= 0.6 is 0 Å². The number of rotatable bonds is 2. The lowest BCUT2D eigenvalue weighted by Gasteiger charge is -2.39. The zero-order chi connectivity index (χ0) is 10.1. The Morgan fingerprint density at radius 3 is 2.54 bits per heavy atom. The van der Waals surface area contributed by atoms with Gasteiger partial charge in [0, 0.05) is 0 Å². The Morgan fingerprint density at radius 1 is 1.54 bits per heavy atom. The molecule has 0 aromatic carbocycles. The van der Waals surface area contributed by atoms with E-state index in [0.29, 0.717) is 12.3 Å². The molecule has 0 heterocycles. The number of primary amides is 1. The van der Waals surface area contributed by atoms with Crippen molar-refractivity contribution in [2.24, 2.45) is 17.6 Å².